The predicted molar refractivity (Wildman–Crippen MR) is 150 cm³/mol. The molecule has 1 atom stereocenters. The third-order valence-corrected chi connectivity index (χ3v) is 8.90. The first-order valence-electron chi connectivity index (χ1n) is 13.4. The van der Waals surface area contributed by atoms with Gasteiger partial charge < -0.3 is 15.1 Å². The number of rotatable bonds is 6. The Morgan fingerprint density at radius 2 is 1.89 bits per heavy atom. The van der Waals surface area contributed by atoms with Gasteiger partial charge in [-0.15, -0.1) is 0 Å². The normalized spacial score (nSPS) is 20.0. The highest BCUT2D eigenvalue weighted by Gasteiger charge is 2.47. The number of likely N-dealkylation sites (N-methyl/N-ethyl adjacent to an activating group) is 1. The number of hydrogen-bond donors (Lipinski definition) is 1. The van der Waals surface area contributed by atoms with Crippen molar-refractivity contribution >= 4 is 34.0 Å². The smallest absolute Gasteiger partial charge is 0.258 e. The molecule has 0 aromatic heterocycles. The van der Waals surface area contributed by atoms with Gasteiger partial charge >= 0.3 is 0 Å². The molecule has 3 aromatic rings. The van der Waals surface area contributed by atoms with Gasteiger partial charge in [-0.3, -0.25) is 14.5 Å². The number of carbonyl (C=O) groups excluding carboxylic acids is 2. The predicted octanol–water partition coefficient (Wildman–Crippen LogP) is 5.08. The zero-order chi connectivity index (χ0) is 26.1. The zero-order valence-electron chi connectivity index (χ0n) is 22.5. The molecule has 0 bridgehead atoms. The van der Waals surface area contributed by atoms with Crippen LogP contribution in [0, 0.1) is 6.92 Å². The number of anilines is 2. The van der Waals surface area contributed by atoms with Crippen molar-refractivity contribution in [1.29, 1.82) is 0 Å². The highest BCUT2D eigenvalue weighted by molar-refractivity contribution is 6.25. The third-order valence-electron chi connectivity index (χ3n) is 8.90. The number of nitrogens with one attached hydrogen (secondary N) is 1. The van der Waals surface area contributed by atoms with E-state index < -0.39 is 0 Å². The molecule has 0 unspecified atom stereocenters. The van der Waals surface area contributed by atoms with Crippen molar-refractivity contribution < 1.29 is 9.59 Å². The number of amides is 2. The monoisotopic (exact) mass is 496 g/mol. The van der Waals surface area contributed by atoms with Crippen LogP contribution in [0.4, 0.5) is 11.4 Å². The van der Waals surface area contributed by atoms with Crippen LogP contribution in [0.1, 0.15) is 65.0 Å². The van der Waals surface area contributed by atoms with Crippen LogP contribution < -0.4 is 15.1 Å². The zero-order valence-corrected chi connectivity index (χ0v) is 22.5. The van der Waals surface area contributed by atoms with Crippen LogP contribution in [0.25, 0.3) is 10.8 Å². The van der Waals surface area contributed by atoms with Crippen molar-refractivity contribution in [2.24, 2.45) is 0 Å². The molecule has 37 heavy (non-hydrogen) atoms. The van der Waals surface area contributed by atoms with E-state index >= 15 is 0 Å². The molecule has 6 rings (SSSR count). The van der Waals surface area contributed by atoms with E-state index in [4.69, 9.17) is 0 Å². The largest absolute Gasteiger partial charge is 0.370 e. The summed E-state index contributed by atoms with van der Waals surface area (Å²) in [6.07, 6.45) is 2.93. The molecule has 1 saturated heterocycles. The van der Waals surface area contributed by atoms with Gasteiger partial charge in [0.2, 0.25) is 0 Å². The van der Waals surface area contributed by atoms with Crippen LogP contribution in [-0.4, -0.2) is 56.0 Å². The molecule has 6 nitrogen and oxygen atoms in total. The Hall–Kier alpha value is -3.38. The Balaban J connectivity index is 1.27. The molecule has 3 aliphatic rings. The third kappa shape index (κ3) is 3.81. The molecule has 2 heterocycles. The Morgan fingerprint density at radius 3 is 2.62 bits per heavy atom. The van der Waals surface area contributed by atoms with Gasteiger partial charge in [0, 0.05) is 54.4 Å². The average molecular weight is 497 g/mol. The molecule has 1 aliphatic carbocycles. The lowest BCUT2D eigenvalue weighted by molar-refractivity contribution is 0.0930. The van der Waals surface area contributed by atoms with Crippen LogP contribution in [-0.2, 0) is 5.54 Å². The maximum Gasteiger partial charge on any atom is 0.258 e. The van der Waals surface area contributed by atoms with Gasteiger partial charge in [-0.05, 0) is 87.9 Å². The van der Waals surface area contributed by atoms with Gasteiger partial charge in [0.15, 0.2) is 0 Å². The van der Waals surface area contributed by atoms with E-state index in [1.54, 1.807) is 4.90 Å². The van der Waals surface area contributed by atoms with E-state index in [1.807, 2.05) is 31.3 Å². The Bertz CT molecular complexity index is 1420. The second-order valence-electron chi connectivity index (χ2n) is 11.4. The van der Waals surface area contributed by atoms with Crippen LogP contribution in [0.15, 0.2) is 48.5 Å². The van der Waals surface area contributed by atoms with Crippen molar-refractivity contribution in [3.05, 3.63) is 70.8 Å². The standard InChI is InChI=1S/C31H36N4O2/c1-19(2)33(4)22-13-16-35(18-22)27-17-21(10-9-20(27)3)29(36)32-31(14-15-31)25-11-12-26-28-23(25)7-6-8-24(28)30(37)34(26)5/h6-12,17,19,22H,13-16,18H2,1-5H3,(H,32,36)/t22-/m0/s1. The van der Waals surface area contributed by atoms with Crippen molar-refractivity contribution in [1.82, 2.24) is 10.2 Å². The SMILES string of the molecule is Cc1ccc(C(=O)NC2(c3ccc4c5c(cccc35)C(=O)N4C)CC2)cc1N1CC[C@H](N(C)C(C)C)C1. The van der Waals surface area contributed by atoms with Crippen molar-refractivity contribution in [2.45, 2.75) is 57.7 Å². The molecule has 2 amide bonds. The Labute approximate surface area is 219 Å². The molecular formula is C31H36N4O2. The average Bonchev–Trinajstić information content (AvgIpc) is 3.41. The summed E-state index contributed by atoms with van der Waals surface area (Å²) in [6, 6.07) is 17.2. The van der Waals surface area contributed by atoms with Gasteiger partial charge in [-0.1, -0.05) is 24.3 Å². The summed E-state index contributed by atoms with van der Waals surface area (Å²) in [7, 11) is 4.03. The summed E-state index contributed by atoms with van der Waals surface area (Å²) in [6.45, 7) is 8.60. The van der Waals surface area contributed by atoms with E-state index in [9.17, 15) is 9.59 Å². The number of aryl methyl sites for hydroxylation is 1. The Morgan fingerprint density at radius 1 is 1.11 bits per heavy atom. The van der Waals surface area contributed by atoms with Crippen molar-refractivity contribution in [3.8, 4) is 0 Å². The summed E-state index contributed by atoms with van der Waals surface area (Å²) < 4.78 is 0. The second-order valence-corrected chi connectivity index (χ2v) is 11.4. The van der Waals surface area contributed by atoms with E-state index in [0.717, 1.165) is 65.6 Å². The fourth-order valence-corrected chi connectivity index (χ4v) is 6.24. The van der Waals surface area contributed by atoms with Crippen LogP contribution in [0.5, 0.6) is 0 Å². The lowest BCUT2D eigenvalue weighted by atomic mass is 9.94. The first-order valence-corrected chi connectivity index (χ1v) is 13.4. The van der Waals surface area contributed by atoms with Crippen LogP contribution in [0.2, 0.25) is 0 Å². The van der Waals surface area contributed by atoms with E-state index in [0.29, 0.717) is 17.6 Å². The van der Waals surface area contributed by atoms with Gasteiger partial charge in [0.1, 0.15) is 0 Å². The molecule has 0 radical (unpaired) electrons. The lowest BCUT2D eigenvalue weighted by Gasteiger charge is -2.29. The highest BCUT2D eigenvalue weighted by atomic mass is 16.2. The molecule has 3 aromatic carbocycles. The van der Waals surface area contributed by atoms with Gasteiger partial charge in [-0.25, -0.2) is 0 Å². The van der Waals surface area contributed by atoms with Gasteiger partial charge in [0.25, 0.3) is 11.8 Å². The van der Waals surface area contributed by atoms with Gasteiger partial charge in [0.05, 0.1) is 11.2 Å². The summed E-state index contributed by atoms with van der Waals surface area (Å²) in [4.78, 5) is 32.9. The topological polar surface area (TPSA) is 55.9 Å². The quantitative estimate of drug-likeness (QED) is 0.517. The molecule has 192 valence electrons. The first-order chi connectivity index (χ1) is 17.7. The molecule has 1 N–H and O–H groups in total. The van der Waals surface area contributed by atoms with E-state index in [-0.39, 0.29) is 17.4 Å². The van der Waals surface area contributed by atoms with Gasteiger partial charge in [-0.2, -0.15) is 0 Å². The minimum Gasteiger partial charge on any atom is -0.370 e. The molecule has 0 spiro atoms. The summed E-state index contributed by atoms with van der Waals surface area (Å²) in [5, 5.41) is 5.45. The molecule has 2 aliphatic heterocycles. The first kappa shape index (κ1) is 24.0. The fraction of sp³-hybridized carbons (Fsp3) is 0.419. The van der Waals surface area contributed by atoms with Crippen LogP contribution >= 0.6 is 0 Å². The number of hydrogen-bond acceptors (Lipinski definition) is 4. The number of nitrogens with zero attached hydrogens (tertiary/aromatic N) is 3. The number of carbonyl (C=O) groups is 2. The molecule has 2 fully saturated rings. The summed E-state index contributed by atoms with van der Waals surface area (Å²) in [5.74, 6) is -0.00667. The minimum absolute atomic E-state index is 0.0301. The second kappa shape index (κ2) is 8.59. The fourth-order valence-electron chi connectivity index (χ4n) is 6.24. The number of benzene rings is 3. The van der Waals surface area contributed by atoms with Crippen molar-refractivity contribution in [2.75, 3.05) is 37.0 Å². The lowest BCUT2D eigenvalue weighted by Crippen LogP contribution is -2.39. The van der Waals surface area contributed by atoms with E-state index in [2.05, 4.69) is 67.2 Å². The van der Waals surface area contributed by atoms with E-state index in [1.165, 1.54) is 5.56 Å². The highest BCUT2D eigenvalue weighted by Crippen LogP contribution is 2.50. The molecular weight excluding hydrogens is 460 g/mol. The van der Waals surface area contributed by atoms with Crippen molar-refractivity contribution in [3.63, 3.8) is 0 Å². The minimum atomic E-state index is -0.387. The molecule has 6 heteroatoms. The Kier molecular flexibility index (Phi) is 5.57. The maximum absolute atomic E-state index is 13.6. The molecule has 1 saturated carbocycles. The summed E-state index contributed by atoms with van der Waals surface area (Å²) >= 11 is 0. The summed E-state index contributed by atoms with van der Waals surface area (Å²) in [5.41, 5.74) is 5.47. The van der Waals surface area contributed by atoms with Crippen LogP contribution in [0.3, 0.4) is 0 Å². The maximum atomic E-state index is 13.6.